The van der Waals surface area contributed by atoms with E-state index < -0.39 is 0 Å². The van der Waals surface area contributed by atoms with E-state index in [2.05, 4.69) is 0 Å². The molecule has 0 bridgehead atoms. The van der Waals surface area contributed by atoms with Crippen molar-refractivity contribution in [3.8, 4) is 0 Å². The Morgan fingerprint density at radius 1 is 1.80 bits per heavy atom. The molecule has 0 fully saturated rings. The van der Waals surface area contributed by atoms with Crippen LogP contribution in [0.5, 0.6) is 0 Å². The highest BCUT2D eigenvalue weighted by molar-refractivity contribution is 8.17. The molecule has 0 atom stereocenters. The molecular formula is C7H8O2S. The van der Waals surface area contributed by atoms with Crippen molar-refractivity contribution in [2.24, 2.45) is 0 Å². The van der Waals surface area contributed by atoms with Crippen molar-refractivity contribution in [2.75, 3.05) is 6.61 Å². The molecule has 1 rings (SSSR count). The second-order valence-electron chi connectivity index (χ2n) is 1.84. The van der Waals surface area contributed by atoms with E-state index in [9.17, 15) is 4.79 Å². The van der Waals surface area contributed by atoms with Gasteiger partial charge in [0.2, 0.25) is 0 Å². The molecule has 0 saturated carbocycles. The number of thioether (sulfide) groups is 1. The van der Waals surface area contributed by atoms with Gasteiger partial charge in [0.05, 0.1) is 6.26 Å². The molecule has 0 spiro atoms. The third-order valence-corrected chi connectivity index (χ3v) is 1.80. The highest BCUT2D eigenvalue weighted by Crippen LogP contribution is 2.19. The Morgan fingerprint density at radius 2 is 2.60 bits per heavy atom. The summed E-state index contributed by atoms with van der Waals surface area (Å²) in [4.78, 5) is 11.5. The maximum atomic E-state index is 10.6. The Labute approximate surface area is 63.9 Å². The van der Waals surface area contributed by atoms with Crippen LogP contribution in [0.15, 0.2) is 23.3 Å². The van der Waals surface area contributed by atoms with Crippen LogP contribution in [0, 0.1) is 0 Å². The number of carbonyl (C=O) groups is 1. The fourth-order valence-corrected chi connectivity index (χ4v) is 1.22. The fourth-order valence-electron chi connectivity index (χ4n) is 0.611. The molecule has 0 aromatic rings. The molecule has 1 aliphatic heterocycles. The lowest BCUT2D eigenvalue weighted by Gasteiger charge is -2.04. The summed E-state index contributed by atoms with van der Waals surface area (Å²) in [5.41, 5.74) is 0. The third-order valence-electron chi connectivity index (χ3n) is 0.971. The van der Waals surface area contributed by atoms with Gasteiger partial charge in [-0.2, -0.15) is 0 Å². The summed E-state index contributed by atoms with van der Waals surface area (Å²) in [5.74, 6) is 0. The summed E-state index contributed by atoms with van der Waals surface area (Å²) in [6.45, 7) is 2.13. The molecule has 2 nitrogen and oxygen atoms in total. The monoisotopic (exact) mass is 156 g/mol. The van der Waals surface area contributed by atoms with E-state index in [1.54, 1.807) is 19.3 Å². The molecule has 10 heavy (non-hydrogen) atoms. The number of hydrogen-bond donors (Lipinski definition) is 0. The van der Waals surface area contributed by atoms with Crippen LogP contribution in [0.4, 0.5) is 0 Å². The van der Waals surface area contributed by atoms with Gasteiger partial charge in [0, 0.05) is 11.8 Å². The summed E-state index contributed by atoms with van der Waals surface area (Å²) in [5, 5.41) is 0.109. The van der Waals surface area contributed by atoms with Crippen molar-refractivity contribution >= 4 is 16.9 Å². The van der Waals surface area contributed by atoms with Crippen LogP contribution in [-0.2, 0) is 9.53 Å². The summed E-state index contributed by atoms with van der Waals surface area (Å²) >= 11 is 1.23. The van der Waals surface area contributed by atoms with E-state index in [1.807, 2.05) is 6.08 Å². The summed E-state index contributed by atoms with van der Waals surface area (Å²) in [6, 6.07) is 0. The summed E-state index contributed by atoms with van der Waals surface area (Å²) in [7, 11) is 0. The van der Waals surface area contributed by atoms with Crippen LogP contribution < -0.4 is 0 Å². The second-order valence-corrected chi connectivity index (χ2v) is 3.09. The van der Waals surface area contributed by atoms with Crippen molar-refractivity contribution in [1.29, 1.82) is 0 Å². The zero-order valence-corrected chi connectivity index (χ0v) is 6.48. The topological polar surface area (TPSA) is 26.3 Å². The Hall–Kier alpha value is -0.700. The van der Waals surface area contributed by atoms with Gasteiger partial charge in [-0.3, -0.25) is 4.79 Å². The minimum atomic E-state index is 0.109. The molecule has 0 saturated heterocycles. The Balaban J connectivity index is 2.48. The maximum absolute atomic E-state index is 10.6. The van der Waals surface area contributed by atoms with Crippen molar-refractivity contribution in [3.05, 3.63) is 23.3 Å². The van der Waals surface area contributed by atoms with Gasteiger partial charge in [-0.1, -0.05) is 11.8 Å². The minimum Gasteiger partial charge on any atom is -0.497 e. The molecule has 1 heterocycles. The van der Waals surface area contributed by atoms with Crippen LogP contribution in [0.25, 0.3) is 0 Å². The zero-order valence-electron chi connectivity index (χ0n) is 5.66. The Bertz CT molecular complexity index is 194. The molecule has 0 amide bonds. The van der Waals surface area contributed by atoms with Crippen LogP contribution in [0.1, 0.15) is 6.92 Å². The standard InChI is InChI=1S/C7H8O2S/c1-6(8)10-7-2-4-9-5-3-7/h2-4H,5H2,1H3. The molecular weight excluding hydrogens is 148 g/mol. The van der Waals surface area contributed by atoms with Crippen molar-refractivity contribution in [1.82, 2.24) is 0 Å². The summed E-state index contributed by atoms with van der Waals surface area (Å²) in [6.07, 6.45) is 5.27. The molecule has 54 valence electrons. The van der Waals surface area contributed by atoms with E-state index in [4.69, 9.17) is 4.74 Å². The van der Waals surface area contributed by atoms with Crippen LogP contribution in [-0.4, -0.2) is 11.7 Å². The van der Waals surface area contributed by atoms with E-state index >= 15 is 0 Å². The van der Waals surface area contributed by atoms with Gasteiger partial charge < -0.3 is 4.74 Å². The number of hydrogen-bond acceptors (Lipinski definition) is 3. The normalized spacial score (nSPS) is 15.9. The number of ether oxygens (including phenoxy) is 1. The first kappa shape index (κ1) is 7.41. The predicted molar refractivity (Wildman–Crippen MR) is 41.4 cm³/mol. The largest absolute Gasteiger partial charge is 0.497 e. The maximum Gasteiger partial charge on any atom is 0.190 e. The number of rotatable bonds is 1. The number of carbonyl (C=O) groups excluding carboxylic acids is 1. The number of allylic oxidation sites excluding steroid dienone is 1. The third kappa shape index (κ3) is 2.27. The lowest BCUT2D eigenvalue weighted by atomic mass is 10.4. The van der Waals surface area contributed by atoms with Gasteiger partial charge in [-0.25, -0.2) is 0 Å². The molecule has 0 aromatic carbocycles. The van der Waals surface area contributed by atoms with Crippen LogP contribution in [0.2, 0.25) is 0 Å². The van der Waals surface area contributed by atoms with Gasteiger partial charge in [0.15, 0.2) is 5.12 Å². The Morgan fingerprint density at radius 3 is 3.10 bits per heavy atom. The quantitative estimate of drug-likeness (QED) is 0.578. The van der Waals surface area contributed by atoms with Gasteiger partial charge in [-0.05, 0) is 12.2 Å². The van der Waals surface area contributed by atoms with E-state index in [1.165, 1.54) is 11.8 Å². The highest BCUT2D eigenvalue weighted by Gasteiger charge is 2.00. The average molecular weight is 156 g/mol. The second kappa shape index (κ2) is 3.46. The molecule has 0 unspecified atom stereocenters. The molecule has 0 aliphatic carbocycles. The molecule has 0 N–H and O–H groups in total. The first-order valence-electron chi connectivity index (χ1n) is 2.96. The van der Waals surface area contributed by atoms with Gasteiger partial charge in [0.1, 0.15) is 6.61 Å². The molecule has 0 aromatic heterocycles. The predicted octanol–water partition coefficient (Wildman–Crippen LogP) is 1.69. The van der Waals surface area contributed by atoms with E-state index in [-0.39, 0.29) is 5.12 Å². The SMILES string of the molecule is CC(=O)SC1=CCOC=C1. The highest BCUT2D eigenvalue weighted by atomic mass is 32.2. The Kier molecular flexibility index (Phi) is 2.57. The fraction of sp³-hybridized carbons (Fsp3) is 0.286. The zero-order chi connectivity index (χ0) is 7.40. The lowest BCUT2D eigenvalue weighted by Crippen LogP contribution is -1.91. The lowest BCUT2D eigenvalue weighted by molar-refractivity contribution is -0.109. The summed E-state index contributed by atoms with van der Waals surface area (Å²) < 4.78 is 4.90. The van der Waals surface area contributed by atoms with Crippen molar-refractivity contribution in [2.45, 2.75) is 6.92 Å². The first-order chi connectivity index (χ1) is 4.79. The minimum absolute atomic E-state index is 0.109. The van der Waals surface area contributed by atoms with Crippen LogP contribution >= 0.6 is 11.8 Å². The average Bonchev–Trinajstić information content (AvgIpc) is 1.88. The smallest absolute Gasteiger partial charge is 0.190 e. The van der Waals surface area contributed by atoms with Crippen molar-refractivity contribution in [3.63, 3.8) is 0 Å². The molecule has 0 radical (unpaired) electrons. The van der Waals surface area contributed by atoms with Gasteiger partial charge >= 0.3 is 0 Å². The van der Waals surface area contributed by atoms with Crippen LogP contribution in [0.3, 0.4) is 0 Å². The van der Waals surface area contributed by atoms with Gasteiger partial charge in [-0.15, -0.1) is 0 Å². The molecule has 1 aliphatic rings. The molecule has 3 heteroatoms. The van der Waals surface area contributed by atoms with E-state index in [0.29, 0.717) is 6.61 Å². The van der Waals surface area contributed by atoms with Crippen molar-refractivity contribution < 1.29 is 9.53 Å². The first-order valence-corrected chi connectivity index (χ1v) is 3.77. The van der Waals surface area contributed by atoms with E-state index in [0.717, 1.165) is 4.91 Å². The van der Waals surface area contributed by atoms with Gasteiger partial charge in [0.25, 0.3) is 0 Å².